The minimum Gasteiger partial charge on any atom is -0.324 e. The Labute approximate surface area is 109 Å². The van der Waals surface area contributed by atoms with Crippen LogP contribution < -0.4 is 5.73 Å². The molecule has 1 unspecified atom stereocenters. The first-order valence-corrected chi connectivity index (χ1v) is 7.99. The van der Waals surface area contributed by atoms with E-state index in [1.165, 1.54) is 0 Å². The third-order valence-electron chi connectivity index (χ3n) is 3.37. The van der Waals surface area contributed by atoms with Gasteiger partial charge in [0.2, 0.25) is 10.0 Å². The lowest BCUT2D eigenvalue weighted by atomic mass is 10.1. The van der Waals surface area contributed by atoms with Crippen molar-refractivity contribution in [2.24, 2.45) is 5.73 Å². The summed E-state index contributed by atoms with van der Waals surface area (Å²) in [4.78, 5) is 0. The zero-order valence-corrected chi connectivity index (χ0v) is 11.3. The highest BCUT2D eigenvalue weighted by molar-refractivity contribution is 7.89. The van der Waals surface area contributed by atoms with Crippen LogP contribution in [0.3, 0.4) is 0 Å². The number of sulfonamides is 1. The molecule has 4 nitrogen and oxygen atoms in total. The number of rotatable bonds is 4. The Balaban J connectivity index is 1.91. The average molecular weight is 268 g/mol. The van der Waals surface area contributed by atoms with Crippen LogP contribution in [0.2, 0.25) is 0 Å². The van der Waals surface area contributed by atoms with E-state index in [1.807, 2.05) is 30.3 Å². The van der Waals surface area contributed by atoms with Crippen LogP contribution in [0.25, 0.3) is 0 Å². The number of nitrogens with two attached hydrogens (primary N) is 1. The highest BCUT2D eigenvalue weighted by Gasteiger charge is 2.25. The quantitative estimate of drug-likeness (QED) is 0.900. The van der Waals surface area contributed by atoms with Crippen LogP contribution >= 0.6 is 0 Å². The van der Waals surface area contributed by atoms with Gasteiger partial charge in [-0.3, -0.25) is 0 Å². The molecule has 1 heterocycles. The van der Waals surface area contributed by atoms with E-state index < -0.39 is 10.0 Å². The Morgan fingerprint density at radius 1 is 1.22 bits per heavy atom. The predicted molar refractivity (Wildman–Crippen MR) is 72.6 cm³/mol. The fraction of sp³-hybridized carbons (Fsp3) is 0.538. The van der Waals surface area contributed by atoms with Crippen molar-refractivity contribution in [3.8, 4) is 0 Å². The van der Waals surface area contributed by atoms with Gasteiger partial charge in [0.05, 0.1) is 5.75 Å². The van der Waals surface area contributed by atoms with Crippen molar-refractivity contribution < 1.29 is 8.42 Å². The second-order valence-corrected chi connectivity index (χ2v) is 6.82. The van der Waals surface area contributed by atoms with E-state index in [2.05, 4.69) is 0 Å². The summed E-state index contributed by atoms with van der Waals surface area (Å²) in [5, 5.41) is 0. The van der Waals surface area contributed by atoms with E-state index in [0.717, 1.165) is 18.4 Å². The fourth-order valence-electron chi connectivity index (χ4n) is 2.24. The molecule has 100 valence electrons. The standard InChI is InChI=1S/C13H20N2O2S/c14-13(12-6-2-1-3-7-12)8-10-15-9-4-5-11-18(15,16)17/h1-3,6-7,13H,4-5,8-11,14H2. The van der Waals surface area contributed by atoms with Crippen LogP contribution in [0.4, 0.5) is 0 Å². The molecule has 0 spiro atoms. The summed E-state index contributed by atoms with van der Waals surface area (Å²) >= 11 is 0. The molecule has 1 aromatic carbocycles. The number of benzene rings is 1. The van der Waals surface area contributed by atoms with Gasteiger partial charge in [-0.05, 0) is 24.8 Å². The summed E-state index contributed by atoms with van der Waals surface area (Å²) in [7, 11) is -3.02. The lowest BCUT2D eigenvalue weighted by Crippen LogP contribution is -2.39. The first-order chi connectivity index (χ1) is 8.59. The summed E-state index contributed by atoms with van der Waals surface area (Å²) < 4.78 is 25.2. The maximum atomic E-state index is 11.8. The highest BCUT2D eigenvalue weighted by atomic mass is 32.2. The van der Waals surface area contributed by atoms with Gasteiger partial charge < -0.3 is 5.73 Å². The number of hydrogen-bond acceptors (Lipinski definition) is 3. The van der Waals surface area contributed by atoms with Crippen LogP contribution in [0.1, 0.15) is 30.9 Å². The van der Waals surface area contributed by atoms with Crippen LogP contribution in [0.5, 0.6) is 0 Å². The summed E-state index contributed by atoms with van der Waals surface area (Å²) in [5.74, 6) is 0.285. The second-order valence-electron chi connectivity index (χ2n) is 4.73. The monoisotopic (exact) mass is 268 g/mol. The maximum absolute atomic E-state index is 11.8. The lowest BCUT2D eigenvalue weighted by molar-refractivity contribution is 0.367. The Morgan fingerprint density at radius 2 is 1.94 bits per heavy atom. The zero-order chi connectivity index (χ0) is 13.0. The minimum absolute atomic E-state index is 0.0941. The molecule has 1 aliphatic heterocycles. The molecule has 0 bridgehead atoms. The van der Waals surface area contributed by atoms with Gasteiger partial charge in [-0.15, -0.1) is 0 Å². The van der Waals surface area contributed by atoms with E-state index in [1.54, 1.807) is 4.31 Å². The first kappa shape index (κ1) is 13.5. The van der Waals surface area contributed by atoms with Crippen molar-refractivity contribution in [2.75, 3.05) is 18.8 Å². The van der Waals surface area contributed by atoms with Crippen LogP contribution in [0, 0.1) is 0 Å². The molecular weight excluding hydrogens is 248 g/mol. The fourth-order valence-corrected chi connectivity index (χ4v) is 3.86. The average Bonchev–Trinajstić information content (AvgIpc) is 2.38. The van der Waals surface area contributed by atoms with Crippen LogP contribution in [-0.4, -0.2) is 31.6 Å². The normalized spacial score (nSPS) is 21.6. The Kier molecular flexibility index (Phi) is 4.37. The Bertz CT molecular complexity index is 473. The summed E-state index contributed by atoms with van der Waals surface area (Å²) in [5.41, 5.74) is 7.14. The van der Waals surface area contributed by atoms with Gasteiger partial charge >= 0.3 is 0 Å². The topological polar surface area (TPSA) is 63.4 Å². The van der Waals surface area contributed by atoms with Gasteiger partial charge in [-0.2, -0.15) is 0 Å². The van der Waals surface area contributed by atoms with Crippen molar-refractivity contribution >= 4 is 10.0 Å². The molecule has 0 radical (unpaired) electrons. The molecule has 0 amide bonds. The molecule has 1 aliphatic rings. The molecular formula is C13H20N2O2S. The highest BCUT2D eigenvalue weighted by Crippen LogP contribution is 2.18. The molecule has 5 heteroatoms. The molecule has 0 saturated carbocycles. The number of nitrogens with zero attached hydrogens (tertiary/aromatic N) is 1. The van der Waals surface area contributed by atoms with Gasteiger partial charge in [0, 0.05) is 19.1 Å². The van der Waals surface area contributed by atoms with Gasteiger partial charge in [0.25, 0.3) is 0 Å². The van der Waals surface area contributed by atoms with Crippen molar-refractivity contribution in [3.63, 3.8) is 0 Å². The third kappa shape index (κ3) is 3.31. The maximum Gasteiger partial charge on any atom is 0.214 e. The first-order valence-electron chi connectivity index (χ1n) is 6.38. The van der Waals surface area contributed by atoms with Gasteiger partial charge in [-0.25, -0.2) is 12.7 Å². The van der Waals surface area contributed by atoms with Crippen LogP contribution in [0.15, 0.2) is 30.3 Å². The Hall–Kier alpha value is -0.910. The van der Waals surface area contributed by atoms with E-state index in [0.29, 0.717) is 19.5 Å². The van der Waals surface area contributed by atoms with Gasteiger partial charge in [-0.1, -0.05) is 30.3 Å². The summed E-state index contributed by atoms with van der Waals surface area (Å²) in [6, 6.07) is 9.72. The molecule has 0 aliphatic carbocycles. The summed E-state index contributed by atoms with van der Waals surface area (Å²) in [6.45, 7) is 1.17. The molecule has 1 fully saturated rings. The smallest absolute Gasteiger partial charge is 0.214 e. The van der Waals surface area contributed by atoms with E-state index in [9.17, 15) is 8.42 Å². The zero-order valence-electron chi connectivity index (χ0n) is 10.5. The predicted octanol–water partition coefficient (Wildman–Crippen LogP) is 1.50. The summed E-state index contributed by atoms with van der Waals surface area (Å²) in [6.07, 6.45) is 2.41. The van der Waals surface area contributed by atoms with Crippen LogP contribution in [-0.2, 0) is 10.0 Å². The van der Waals surface area contributed by atoms with Gasteiger partial charge in [0.1, 0.15) is 0 Å². The van der Waals surface area contributed by atoms with E-state index in [4.69, 9.17) is 5.73 Å². The lowest BCUT2D eigenvalue weighted by Gasteiger charge is -2.27. The van der Waals surface area contributed by atoms with Crippen molar-refractivity contribution in [2.45, 2.75) is 25.3 Å². The Morgan fingerprint density at radius 3 is 2.61 bits per heavy atom. The molecule has 1 atom stereocenters. The number of hydrogen-bond donors (Lipinski definition) is 1. The van der Waals surface area contributed by atoms with Gasteiger partial charge in [0.15, 0.2) is 0 Å². The molecule has 0 aromatic heterocycles. The molecule has 1 saturated heterocycles. The van der Waals surface area contributed by atoms with Crippen molar-refractivity contribution in [3.05, 3.63) is 35.9 Å². The molecule has 18 heavy (non-hydrogen) atoms. The van der Waals surface area contributed by atoms with Crippen molar-refractivity contribution in [1.82, 2.24) is 4.31 Å². The molecule has 2 N–H and O–H groups in total. The SMILES string of the molecule is NC(CCN1CCCCS1(=O)=O)c1ccccc1. The van der Waals surface area contributed by atoms with Crippen molar-refractivity contribution in [1.29, 1.82) is 0 Å². The molecule has 1 aromatic rings. The largest absolute Gasteiger partial charge is 0.324 e. The van der Waals surface area contributed by atoms with E-state index in [-0.39, 0.29) is 11.8 Å². The minimum atomic E-state index is -3.02. The van der Waals surface area contributed by atoms with E-state index >= 15 is 0 Å². The second kappa shape index (κ2) is 5.82. The third-order valence-corrected chi connectivity index (χ3v) is 5.33. The molecule has 2 rings (SSSR count).